The minimum Gasteiger partial charge on any atom is -0.360 e. The number of amides is 1. The fourth-order valence-corrected chi connectivity index (χ4v) is 1.99. The Kier molecular flexibility index (Phi) is 3.01. The van der Waals surface area contributed by atoms with E-state index >= 15 is 0 Å². The number of fused-ring (bicyclic) bond motifs is 1. The Labute approximate surface area is 114 Å². The van der Waals surface area contributed by atoms with Gasteiger partial charge >= 0.3 is 0 Å². The van der Waals surface area contributed by atoms with Gasteiger partial charge in [0.15, 0.2) is 0 Å². The third-order valence-electron chi connectivity index (χ3n) is 2.95. The first-order valence-electron chi connectivity index (χ1n) is 6.08. The van der Waals surface area contributed by atoms with Crippen LogP contribution in [0.1, 0.15) is 10.4 Å². The van der Waals surface area contributed by atoms with Crippen molar-refractivity contribution in [3.8, 4) is 0 Å². The van der Waals surface area contributed by atoms with Crippen LogP contribution in [0, 0.1) is 0 Å². The van der Waals surface area contributed by atoms with Crippen molar-refractivity contribution >= 4 is 28.4 Å². The molecule has 3 aromatic rings. The predicted octanol–water partition coefficient (Wildman–Crippen LogP) is 2.38. The van der Waals surface area contributed by atoms with E-state index in [-0.39, 0.29) is 0 Å². The SMILES string of the molecule is O=C(Nc1ccccn1)C(=O)c1c[nH]c2ccccc12. The number of hydrogen-bond acceptors (Lipinski definition) is 3. The molecule has 1 aromatic carbocycles. The number of carbonyl (C=O) groups is 2. The van der Waals surface area contributed by atoms with Crippen molar-refractivity contribution in [1.82, 2.24) is 9.97 Å². The van der Waals surface area contributed by atoms with Crippen LogP contribution in [0.2, 0.25) is 0 Å². The molecule has 0 aliphatic heterocycles. The van der Waals surface area contributed by atoms with Gasteiger partial charge in [0.25, 0.3) is 11.7 Å². The highest BCUT2D eigenvalue weighted by Crippen LogP contribution is 2.18. The van der Waals surface area contributed by atoms with Gasteiger partial charge in [0.2, 0.25) is 0 Å². The van der Waals surface area contributed by atoms with Crippen LogP contribution in [0.3, 0.4) is 0 Å². The van der Waals surface area contributed by atoms with Gasteiger partial charge in [-0.1, -0.05) is 24.3 Å². The van der Waals surface area contributed by atoms with E-state index in [1.54, 1.807) is 36.7 Å². The van der Waals surface area contributed by atoms with Gasteiger partial charge in [-0.2, -0.15) is 0 Å². The number of para-hydroxylation sites is 1. The summed E-state index contributed by atoms with van der Waals surface area (Å²) in [5.41, 5.74) is 1.18. The molecule has 5 nitrogen and oxygen atoms in total. The highest BCUT2D eigenvalue weighted by molar-refractivity contribution is 6.48. The molecule has 0 fully saturated rings. The fourth-order valence-electron chi connectivity index (χ4n) is 1.99. The fraction of sp³-hybridized carbons (Fsp3) is 0. The molecule has 1 amide bonds. The first-order valence-corrected chi connectivity index (χ1v) is 6.08. The van der Waals surface area contributed by atoms with Crippen molar-refractivity contribution in [2.24, 2.45) is 0 Å². The Balaban J connectivity index is 1.87. The molecule has 2 heterocycles. The Morgan fingerprint density at radius 1 is 1.05 bits per heavy atom. The number of nitrogens with one attached hydrogen (secondary N) is 2. The van der Waals surface area contributed by atoms with Gasteiger partial charge in [0.1, 0.15) is 5.82 Å². The Morgan fingerprint density at radius 2 is 1.85 bits per heavy atom. The van der Waals surface area contributed by atoms with E-state index in [0.717, 1.165) is 10.9 Å². The summed E-state index contributed by atoms with van der Waals surface area (Å²) >= 11 is 0. The Hall–Kier alpha value is -2.95. The second-order valence-corrected chi connectivity index (χ2v) is 4.25. The molecule has 0 saturated heterocycles. The van der Waals surface area contributed by atoms with Crippen LogP contribution in [0.5, 0.6) is 0 Å². The van der Waals surface area contributed by atoms with Crippen molar-refractivity contribution in [3.05, 3.63) is 60.4 Å². The molecule has 0 spiro atoms. The Morgan fingerprint density at radius 3 is 2.65 bits per heavy atom. The summed E-state index contributed by atoms with van der Waals surface area (Å²) in [6.45, 7) is 0. The van der Waals surface area contributed by atoms with Crippen LogP contribution < -0.4 is 5.32 Å². The third-order valence-corrected chi connectivity index (χ3v) is 2.95. The van der Waals surface area contributed by atoms with Crippen LogP contribution in [-0.4, -0.2) is 21.7 Å². The number of hydrogen-bond donors (Lipinski definition) is 2. The van der Waals surface area contributed by atoms with Gasteiger partial charge in [-0.05, 0) is 18.2 Å². The zero-order chi connectivity index (χ0) is 13.9. The number of benzene rings is 1. The quantitative estimate of drug-likeness (QED) is 0.564. The van der Waals surface area contributed by atoms with Gasteiger partial charge in [-0.15, -0.1) is 0 Å². The number of anilines is 1. The summed E-state index contributed by atoms with van der Waals surface area (Å²) in [5.74, 6) is -0.938. The normalized spacial score (nSPS) is 10.4. The number of nitrogens with zero attached hydrogens (tertiary/aromatic N) is 1. The number of rotatable bonds is 3. The van der Waals surface area contributed by atoms with E-state index < -0.39 is 11.7 Å². The molecule has 0 bridgehead atoms. The van der Waals surface area contributed by atoms with Crippen molar-refractivity contribution in [2.45, 2.75) is 0 Å². The lowest BCUT2D eigenvalue weighted by atomic mass is 10.1. The predicted molar refractivity (Wildman–Crippen MR) is 75.5 cm³/mol. The molecule has 0 unspecified atom stereocenters. The third kappa shape index (κ3) is 2.16. The summed E-state index contributed by atoms with van der Waals surface area (Å²) in [6, 6.07) is 12.4. The molecule has 0 saturated carbocycles. The maximum atomic E-state index is 12.2. The van der Waals surface area contributed by atoms with E-state index in [2.05, 4.69) is 15.3 Å². The summed E-state index contributed by atoms with van der Waals surface area (Å²) < 4.78 is 0. The Bertz CT molecular complexity index is 778. The number of aromatic nitrogens is 2. The van der Waals surface area contributed by atoms with Crippen molar-refractivity contribution in [1.29, 1.82) is 0 Å². The molecule has 2 aromatic heterocycles. The highest BCUT2D eigenvalue weighted by atomic mass is 16.2. The number of aromatic amines is 1. The molecule has 0 radical (unpaired) electrons. The van der Waals surface area contributed by atoms with Gasteiger partial charge in [0, 0.05) is 23.3 Å². The lowest BCUT2D eigenvalue weighted by molar-refractivity contribution is -0.112. The molecule has 0 aliphatic rings. The van der Waals surface area contributed by atoms with Gasteiger partial charge in [0.05, 0.1) is 5.56 Å². The summed E-state index contributed by atoms with van der Waals surface area (Å²) in [5, 5.41) is 3.21. The number of Topliss-reactive ketones (excluding diaryl/α,β-unsaturated/α-hetero) is 1. The molecule has 20 heavy (non-hydrogen) atoms. The van der Waals surface area contributed by atoms with E-state index in [4.69, 9.17) is 0 Å². The second-order valence-electron chi connectivity index (χ2n) is 4.25. The standard InChI is InChI=1S/C15H11N3O2/c19-14(15(20)18-13-7-3-4-8-16-13)11-9-17-12-6-2-1-5-10(11)12/h1-9,17H,(H,16,18,20). The first-order chi connectivity index (χ1) is 9.75. The van der Waals surface area contributed by atoms with Crippen LogP contribution in [0.4, 0.5) is 5.82 Å². The topological polar surface area (TPSA) is 74.8 Å². The molecule has 0 aliphatic carbocycles. The van der Waals surface area contributed by atoms with Crippen molar-refractivity contribution in [2.75, 3.05) is 5.32 Å². The summed E-state index contributed by atoms with van der Waals surface area (Å²) in [4.78, 5) is 31.0. The zero-order valence-corrected chi connectivity index (χ0v) is 10.5. The lowest BCUT2D eigenvalue weighted by Crippen LogP contribution is -2.23. The summed E-state index contributed by atoms with van der Waals surface area (Å²) in [7, 11) is 0. The molecular weight excluding hydrogens is 254 g/mol. The number of H-pyrrole nitrogens is 1. The lowest BCUT2D eigenvalue weighted by Gasteiger charge is -2.02. The average molecular weight is 265 g/mol. The maximum absolute atomic E-state index is 12.2. The van der Waals surface area contributed by atoms with Gasteiger partial charge < -0.3 is 10.3 Å². The van der Waals surface area contributed by atoms with Gasteiger partial charge in [-0.3, -0.25) is 9.59 Å². The molecule has 3 rings (SSSR count). The van der Waals surface area contributed by atoms with Crippen LogP contribution >= 0.6 is 0 Å². The van der Waals surface area contributed by atoms with Gasteiger partial charge in [-0.25, -0.2) is 4.98 Å². The van der Waals surface area contributed by atoms with E-state index in [0.29, 0.717) is 11.4 Å². The number of ketones is 1. The van der Waals surface area contributed by atoms with Crippen molar-refractivity contribution in [3.63, 3.8) is 0 Å². The van der Waals surface area contributed by atoms with Crippen LogP contribution in [-0.2, 0) is 4.79 Å². The smallest absolute Gasteiger partial charge is 0.298 e. The van der Waals surface area contributed by atoms with Crippen LogP contribution in [0.25, 0.3) is 10.9 Å². The van der Waals surface area contributed by atoms with Crippen LogP contribution in [0.15, 0.2) is 54.9 Å². The zero-order valence-electron chi connectivity index (χ0n) is 10.5. The monoisotopic (exact) mass is 265 g/mol. The minimum absolute atomic E-state index is 0.352. The second kappa shape index (κ2) is 4.97. The average Bonchev–Trinajstić information content (AvgIpc) is 2.91. The molecule has 98 valence electrons. The maximum Gasteiger partial charge on any atom is 0.298 e. The molecule has 2 N–H and O–H groups in total. The molecule has 5 heteroatoms. The summed E-state index contributed by atoms with van der Waals surface area (Å²) in [6.07, 6.45) is 3.09. The highest BCUT2D eigenvalue weighted by Gasteiger charge is 2.20. The molecular formula is C15H11N3O2. The minimum atomic E-state index is -0.701. The van der Waals surface area contributed by atoms with E-state index in [1.807, 2.05) is 18.2 Å². The number of carbonyl (C=O) groups excluding carboxylic acids is 2. The van der Waals surface area contributed by atoms with E-state index in [9.17, 15) is 9.59 Å². The molecule has 0 atom stereocenters. The number of pyridine rings is 1. The first kappa shape index (κ1) is 12.1. The van der Waals surface area contributed by atoms with Crippen molar-refractivity contribution < 1.29 is 9.59 Å². The van der Waals surface area contributed by atoms with E-state index in [1.165, 1.54) is 0 Å². The largest absolute Gasteiger partial charge is 0.360 e.